The number of carbonyl (C=O) groups is 1. The van der Waals surface area contributed by atoms with Crippen molar-refractivity contribution in [1.82, 2.24) is 19.9 Å². The molecule has 2 aliphatic heterocycles. The normalized spacial score (nSPS) is 20.6. The predicted octanol–water partition coefficient (Wildman–Crippen LogP) is 3.33. The van der Waals surface area contributed by atoms with Gasteiger partial charge in [0, 0.05) is 25.4 Å². The van der Waals surface area contributed by atoms with Crippen LogP contribution in [-0.4, -0.2) is 45.0 Å². The van der Waals surface area contributed by atoms with Crippen molar-refractivity contribution >= 4 is 17.4 Å². The van der Waals surface area contributed by atoms with Crippen LogP contribution in [0.5, 0.6) is 0 Å². The van der Waals surface area contributed by atoms with Crippen molar-refractivity contribution in [3.05, 3.63) is 49.1 Å². The molecule has 29 heavy (non-hydrogen) atoms. The molecule has 1 saturated heterocycles. The summed E-state index contributed by atoms with van der Waals surface area (Å²) in [6.45, 7) is 2.91. The Labute approximate surface area is 169 Å². The van der Waals surface area contributed by atoms with Gasteiger partial charge in [0.15, 0.2) is 11.6 Å². The van der Waals surface area contributed by atoms with E-state index in [1.54, 1.807) is 23.6 Å². The minimum Gasteiger partial charge on any atom is -0.340 e. The summed E-state index contributed by atoms with van der Waals surface area (Å²) in [6.07, 6.45) is 7.64. The molecule has 2 aliphatic rings. The predicted molar refractivity (Wildman–Crippen MR) is 112 cm³/mol. The van der Waals surface area contributed by atoms with Crippen molar-refractivity contribution in [3.8, 4) is 22.6 Å². The molecule has 2 aromatic heterocycles. The van der Waals surface area contributed by atoms with E-state index in [2.05, 4.69) is 26.8 Å². The highest BCUT2D eigenvalue weighted by molar-refractivity contribution is 6.07. The van der Waals surface area contributed by atoms with E-state index in [1.807, 2.05) is 37.4 Å². The highest BCUT2D eigenvalue weighted by Gasteiger charge is 2.52. The van der Waals surface area contributed by atoms with Crippen LogP contribution in [0.1, 0.15) is 26.2 Å². The molecule has 0 radical (unpaired) electrons. The lowest BCUT2D eigenvalue weighted by Gasteiger charge is -2.45. The molecule has 146 valence electrons. The first-order valence-electron chi connectivity index (χ1n) is 9.94. The van der Waals surface area contributed by atoms with Crippen LogP contribution in [0, 0.1) is 0 Å². The number of fused-ring (bicyclic) bond motifs is 3. The Bertz CT molecular complexity index is 1090. The summed E-state index contributed by atoms with van der Waals surface area (Å²) < 4.78 is 0. The van der Waals surface area contributed by atoms with Crippen LogP contribution in [0.15, 0.2) is 49.1 Å². The van der Waals surface area contributed by atoms with E-state index in [0.29, 0.717) is 5.82 Å². The van der Waals surface area contributed by atoms with E-state index in [4.69, 9.17) is 4.98 Å². The fourth-order valence-corrected chi connectivity index (χ4v) is 4.60. The van der Waals surface area contributed by atoms with Gasteiger partial charge < -0.3 is 9.80 Å². The SMILES string of the molecule is CC[C@@]12CCCN1c1nc(-c3cncnc3-c3ccccc3)ncc1N(C)C2=O. The van der Waals surface area contributed by atoms with Crippen molar-refractivity contribution in [2.75, 3.05) is 23.4 Å². The van der Waals surface area contributed by atoms with Crippen LogP contribution in [0.3, 0.4) is 0 Å². The Morgan fingerprint density at radius 2 is 1.97 bits per heavy atom. The van der Waals surface area contributed by atoms with Crippen LogP contribution in [0.2, 0.25) is 0 Å². The summed E-state index contributed by atoms with van der Waals surface area (Å²) in [7, 11) is 1.82. The smallest absolute Gasteiger partial charge is 0.252 e. The Balaban J connectivity index is 1.67. The summed E-state index contributed by atoms with van der Waals surface area (Å²) in [4.78, 5) is 35.2. The molecule has 0 spiro atoms. The lowest BCUT2D eigenvalue weighted by atomic mass is 9.89. The van der Waals surface area contributed by atoms with Crippen LogP contribution in [0.4, 0.5) is 11.5 Å². The largest absolute Gasteiger partial charge is 0.340 e. The van der Waals surface area contributed by atoms with Gasteiger partial charge in [0.1, 0.15) is 17.6 Å². The van der Waals surface area contributed by atoms with Gasteiger partial charge in [0.05, 0.1) is 17.5 Å². The summed E-state index contributed by atoms with van der Waals surface area (Å²) >= 11 is 0. The third kappa shape index (κ3) is 2.53. The molecule has 1 fully saturated rings. The zero-order valence-corrected chi connectivity index (χ0v) is 16.5. The van der Waals surface area contributed by atoms with Gasteiger partial charge in [-0.1, -0.05) is 37.3 Å². The average molecular weight is 386 g/mol. The molecule has 1 aromatic carbocycles. The first-order chi connectivity index (χ1) is 14.2. The standard InChI is InChI=1S/C22H22N6O/c1-3-22-10-7-11-28(22)20-17(27(2)21(22)29)13-24-19(26-20)16-12-23-14-25-18(16)15-8-5-4-6-9-15/h4-6,8-9,12-14H,3,7,10-11H2,1-2H3/t22-/m0/s1. The van der Waals surface area contributed by atoms with Gasteiger partial charge in [-0.25, -0.2) is 19.9 Å². The molecule has 5 rings (SSSR count). The van der Waals surface area contributed by atoms with Crippen LogP contribution < -0.4 is 9.80 Å². The second-order valence-electron chi connectivity index (χ2n) is 7.56. The minimum atomic E-state index is -0.497. The second kappa shape index (κ2) is 6.62. The average Bonchev–Trinajstić information content (AvgIpc) is 3.23. The lowest BCUT2D eigenvalue weighted by Crippen LogP contribution is -2.59. The van der Waals surface area contributed by atoms with Crippen LogP contribution in [0.25, 0.3) is 22.6 Å². The number of amides is 1. The monoisotopic (exact) mass is 386 g/mol. The molecule has 1 atom stereocenters. The first-order valence-corrected chi connectivity index (χ1v) is 9.94. The molecule has 3 aromatic rings. The van der Waals surface area contributed by atoms with Gasteiger partial charge in [0.2, 0.25) is 0 Å². The van der Waals surface area contributed by atoms with E-state index in [0.717, 1.165) is 54.1 Å². The summed E-state index contributed by atoms with van der Waals surface area (Å²) in [5, 5.41) is 0. The number of anilines is 2. The van der Waals surface area contributed by atoms with Gasteiger partial charge >= 0.3 is 0 Å². The van der Waals surface area contributed by atoms with Crippen molar-refractivity contribution in [2.24, 2.45) is 0 Å². The number of hydrogen-bond donors (Lipinski definition) is 0. The number of benzene rings is 1. The number of likely N-dealkylation sites (N-methyl/N-ethyl adjacent to an activating group) is 1. The van der Waals surface area contributed by atoms with Crippen LogP contribution >= 0.6 is 0 Å². The second-order valence-corrected chi connectivity index (χ2v) is 7.56. The maximum atomic E-state index is 13.1. The maximum absolute atomic E-state index is 13.1. The molecule has 0 aliphatic carbocycles. The maximum Gasteiger partial charge on any atom is 0.252 e. The van der Waals surface area contributed by atoms with Crippen molar-refractivity contribution in [1.29, 1.82) is 0 Å². The molecule has 7 nitrogen and oxygen atoms in total. The molecule has 4 heterocycles. The van der Waals surface area contributed by atoms with Crippen LogP contribution in [-0.2, 0) is 4.79 Å². The van der Waals surface area contributed by atoms with Crippen molar-refractivity contribution < 1.29 is 4.79 Å². The molecule has 0 N–H and O–H groups in total. The highest BCUT2D eigenvalue weighted by Crippen LogP contribution is 2.46. The van der Waals surface area contributed by atoms with E-state index in [-0.39, 0.29) is 5.91 Å². The van der Waals surface area contributed by atoms with E-state index >= 15 is 0 Å². The van der Waals surface area contributed by atoms with Gasteiger partial charge in [-0.15, -0.1) is 0 Å². The van der Waals surface area contributed by atoms with Crippen molar-refractivity contribution in [2.45, 2.75) is 31.7 Å². The van der Waals surface area contributed by atoms with E-state index < -0.39 is 5.54 Å². The van der Waals surface area contributed by atoms with E-state index in [1.165, 1.54) is 0 Å². The summed E-state index contributed by atoms with van der Waals surface area (Å²) in [5.74, 6) is 1.52. The van der Waals surface area contributed by atoms with E-state index in [9.17, 15) is 4.79 Å². The third-order valence-corrected chi connectivity index (χ3v) is 6.14. The molecular formula is C22H22N6O. The zero-order chi connectivity index (χ0) is 20.0. The lowest BCUT2D eigenvalue weighted by molar-refractivity contribution is -0.123. The Kier molecular flexibility index (Phi) is 4.04. The topological polar surface area (TPSA) is 75.1 Å². The summed E-state index contributed by atoms with van der Waals surface area (Å²) in [6, 6.07) is 9.97. The molecule has 7 heteroatoms. The fourth-order valence-electron chi connectivity index (χ4n) is 4.60. The zero-order valence-electron chi connectivity index (χ0n) is 16.5. The molecule has 0 saturated carbocycles. The fraction of sp³-hybridized carbons (Fsp3) is 0.318. The van der Waals surface area contributed by atoms with Crippen molar-refractivity contribution in [3.63, 3.8) is 0 Å². The molecular weight excluding hydrogens is 364 g/mol. The van der Waals surface area contributed by atoms with Gasteiger partial charge in [-0.2, -0.15) is 0 Å². The first kappa shape index (κ1) is 17.7. The quantitative estimate of drug-likeness (QED) is 0.687. The van der Waals surface area contributed by atoms with Gasteiger partial charge in [0.25, 0.3) is 5.91 Å². The number of carbonyl (C=O) groups excluding carboxylic acids is 1. The number of hydrogen-bond acceptors (Lipinski definition) is 6. The molecule has 1 amide bonds. The minimum absolute atomic E-state index is 0.134. The van der Waals surface area contributed by atoms with Gasteiger partial charge in [-0.05, 0) is 19.3 Å². The summed E-state index contributed by atoms with van der Waals surface area (Å²) in [5.41, 5.74) is 2.82. The Hall–Kier alpha value is -3.35. The highest BCUT2D eigenvalue weighted by atomic mass is 16.2. The molecule has 0 unspecified atom stereocenters. The number of nitrogens with zero attached hydrogens (tertiary/aromatic N) is 6. The van der Waals surface area contributed by atoms with Gasteiger partial charge in [-0.3, -0.25) is 4.79 Å². The number of aromatic nitrogens is 4. The Morgan fingerprint density at radius 3 is 2.76 bits per heavy atom. The number of rotatable bonds is 3. The Morgan fingerprint density at radius 1 is 1.14 bits per heavy atom. The molecule has 0 bridgehead atoms. The third-order valence-electron chi connectivity index (χ3n) is 6.14.